The van der Waals surface area contributed by atoms with Crippen molar-refractivity contribution in [3.8, 4) is 0 Å². The second-order valence-corrected chi connectivity index (χ2v) is 15.4. The fraction of sp³-hybridized carbons (Fsp3) is 0.680. The molecule has 1 aromatic rings. The van der Waals surface area contributed by atoms with Crippen LogP contribution in [0.3, 0.4) is 0 Å². The smallest absolute Gasteiger partial charge is 0.310 e. The second kappa shape index (κ2) is 12.2. The quantitative estimate of drug-likeness (QED) is 0.322. The van der Waals surface area contributed by atoms with Gasteiger partial charge < -0.3 is 20.8 Å². The predicted octanol–water partition coefficient (Wildman–Crippen LogP) is 3.93. The Hall–Kier alpha value is -1.37. The Balaban J connectivity index is 1.30. The van der Waals surface area contributed by atoms with Crippen molar-refractivity contribution < 1.29 is 29.4 Å². The lowest BCUT2D eigenvalue weighted by Crippen LogP contribution is -2.44. The van der Waals surface area contributed by atoms with Gasteiger partial charge in [-0.05, 0) is 41.4 Å². The van der Waals surface area contributed by atoms with Crippen molar-refractivity contribution in [2.45, 2.75) is 61.4 Å². The van der Waals surface area contributed by atoms with Crippen LogP contribution in [0, 0.1) is 23.2 Å². The van der Waals surface area contributed by atoms with Gasteiger partial charge in [0, 0.05) is 40.4 Å². The highest BCUT2D eigenvalue weighted by Gasteiger charge is 2.47. The third-order valence-corrected chi connectivity index (χ3v) is 12.5. The summed E-state index contributed by atoms with van der Waals surface area (Å²) in [7, 11) is 0. The van der Waals surface area contributed by atoms with E-state index < -0.39 is 39.9 Å². The van der Waals surface area contributed by atoms with Crippen LogP contribution >= 0.6 is 46.6 Å². The molecule has 0 aliphatic carbocycles. The van der Waals surface area contributed by atoms with Crippen LogP contribution in [0.15, 0.2) is 17.5 Å². The van der Waals surface area contributed by atoms with Crippen molar-refractivity contribution in [2.24, 2.45) is 23.2 Å². The molecule has 37 heavy (non-hydrogen) atoms. The van der Waals surface area contributed by atoms with Gasteiger partial charge >= 0.3 is 11.9 Å². The molecule has 12 heteroatoms. The highest BCUT2D eigenvalue weighted by atomic mass is 32.2. The first-order chi connectivity index (χ1) is 17.6. The van der Waals surface area contributed by atoms with Gasteiger partial charge in [-0.25, -0.2) is 0 Å². The molecule has 7 unspecified atom stereocenters. The minimum Gasteiger partial charge on any atom is -0.481 e. The minimum absolute atomic E-state index is 0.0446. The van der Waals surface area contributed by atoms with E-state index in [1.807, 2.05) is 43.1 Å². The summed E-state index contributed by atoms with van der Waals surface area (Å²) in [6, 6.07) is 3.84. The van der Waals surface area contributed by atoms with Crippen molar-refractivity contribution in [1.82, 2.24) is 10.6 Å². The van der Waals surface area contributed by atoms with Crippen LogP contribution in [0.5, 0.6) is 0 Å². The van der Waals surface area contributed by atoms with E-state index in [1.165, 1.54) is 34.9 Å². The highest BCUT2D eigenvalue weighted by Crippen LogP contribution is 2.46. The van der Waals surface area contributed by atoms with Gasteiger partial charge in [-0.15, -0.1) is 34.9 Å². The third-order valence-electron chi connectivity index (χ3n) is 7.28. The van der Waals surface area contributed by atoms with Gasteiger partial charge in [-0.2, -0.15) is 11.8 Å². The van der Waals surface area contributed by atoms with Crippen LogP contribution in [0.4, 0.5) is 0 Å². The molecule has 8 nitrogen and oxygen atoms in total. The maximum absolute atomic E-state index is 12.9. The summed E-state index contributed by atoms with van der Waals surface area (Å²) < 4.78 is 0. The van der Waals surface area contributed by atoms with E-state index in [0.29, 0.717) is 11.0 Å². The highest BCUT2D eigenvalue weighted by molar-refractivity contribution is 8.01. The predicted molar refractivity (Wildman–Crippen MR) is 150 cm³/mol. The van der Waals surface area contributed by atoms with Crippen LogP contribution in [0.25, 0.3) is 0 Å². The molecule has 4 heterocycles. The molecule has 204 valence electrons. The lowest BCUT2D eigenvalue weighted by atomic mass is 9.84. The van der Waals surface area contributed by atoms with Crippen LogP contribution < -0.4 is 10.6 Å². The summed E-state index contributed by atoms with van der Waals surface area (Å²) in [4.78, 5) is 50.9. The minimum atomic E-state index is -0.927. The molecule has 0 bridgehead atoms. The van der Waals surface area contributed by atoms with Crippen LogP contribution in [-0.2, 0) is 19.2 Å². The third kappa shape index (κ3) is 6.99. The summed E-state index contributed by atoms with van der Waals surface area (Å²) in [6.07, 6.45) is 2.27. The molecule has 4 rings (SSSR count). The fourth-order valence-electron chi connectivity index (χ4n) is 5.54. The molecule has 0 saturated carbocycles. The number of rotatable bonds is 10. The number of aliphatic carboxylic acids is 2. The number of thioether (sulfide) groups is 3. The second-order valence-electron chi connectivity index (χ2n) is 10.7. The lowest BCUT2D eigenvalue weighted by Gasteiger charge is -2.28. The molecule has 3 fully saturated rings. The van der Waals surface area contributed by atoms with Gasteiger partial charge in [0.1, 0.15) is 0 Å². The number of carbonyl (C=O) groups excluding carboxylic acids is 2. The van der Waals surface area contributed by atoms with E-state index in [0.717, 1.165) is 29.2 Å². The Kier molecular flexibility index (Phi) is 9.45. The van der Waals surface area contributed by atoms with Crippen molar-refractivity contribution in [3.05, 3.63) is 22.4 Å². The zero-order chi connectivity index (χ0) is 26.7. The summed E-state index contributed by atoms with van der Waals surface area (Å²) in [5.41, 5.74) is -0.675. The lowest BCUT2D eigenvalue weighted by molar-refractivity contribution is -0.144. The molecule has 3 aliphatic heterocycles. The number of carboxylic acid groups (broad SMARTS) is 2. The number of amides is 2. The standard InChI is InChI=1S/C25H34N2O6S4/c1-25(2,9-17(28)26-21-19(23(30)31)13(11-36-21)15-5-3-7-34-15)10-18(29)27-22-20(24(32)33)14(12-37-22)16-6-4-8-35-16/h3,5,7,13-14,16,19-22H,4,6,8-12H2,1-2H3,(H,26,28)(H,27,29)(H,30,31)(H,32,33). The number of hydrogen-bond donors (Lipinski definition) is 4. The number of carboxylic acids is 2. The van der Waals surface area contributed by atoms with Gasteiger partial charge in [-0.3, -0.25) is 19.2 Å². The van der Waals surface area contributed by atoms with Crippen molar-refractivity contribution >= 4 is 70.4 Å². The average molecular weight is 587 g/mol. The molecule has 4 N–H and O–H groups in total. The zero-order valence-corrected chi connectivity index (χ0v) is 24.1. The van der Waals surface area contributed by atoms with Crippen molar-refractivity contribution in [2.75, 3.05) is 17.3 Å². The maximum atomic E-state index is 12.9. The number of carbonyl (C=O) groups is 4. The van der Waals surface area contributed by atoms with E-state index in [1.54, 1.807) is 0 Å². The van der Waals surface area contributed by atoms with Gasteiger partial charge in [0.15, 0.2) is 0 Å². The Morgan fingerprint density at radius 2 is 1.57 bits per heavy atom. The van der Waals surface area contributed by atoms with Gasteiger partial charge in [0.2, 0.25) is 11.8 Å². The van der Waals surface area contributed by atoms with E-state index in [-0.39, 0.29) is 36.5 Å². The number of hydrogen-bond acceptors (Lipinski definition) is 8. The molecular formula is C25H34N2O6S4. The SMILES string of the molecule is CC(C)(CC(=O)NC1SCC(c2cccs2)C1C(=O)O)CC(=O)NC1SCC(C2CCCS2)C1C(=O)O. The van der Waals surface area contributed by atoms with Crippen molar-refractivity contribution in [3.63, 3.8) is 0 Å². The summed E-state index contributed by atoms with van der Waals surface area (Å²) in [6.45, 7) is 3.65. The first-order valence-corrected chi connectivity index (χ1v) is 16.5. The summed E-state index contributed by atoms with van der Waals surface area (Å²) >= 11 is 6.31. The Morgan fingerprint density at radius 3 is 2.11 bits per heavy atom. The van der Waals surface area contributed by atoms with Crippen LogP contribution in [-0.4, -0.2) is 67.2 Å². The van der Waals surface area contributed by atoms with E-state index >= 15 is 0 Å². The number of thiophene rings is 1. The monoisotopic (exact) mass is 586 g/mol. The van der Waals surface area contributed by atoms with E-state index in [4.69, 9.17) is 0 Å². The van der Waals surface area contributed by atoms with Gasteiger partial charge in [0.25, 0.3) is 0 Å². The average Bonchev–Trinajstić information content (AvgIpc) is 3.58. The fourth-order valence-corrected chi connectivity index (χ4v) is 11.3. The Bertz CT molecular complexity index is 997. The largest absolute Gasteiger partial charge is 0.481 e. The number of nitrogens with one attached hydrogen (secondary N) is 2. The Labute approximate surface area is 233 Å². The van der Waals surface area contributed by atoms with Crippen LogP contribution in [0.1, 0.15) is 50.3 Å². The molecule has 3 saturated heterocycles. The topological polar surface area (TPSA) is 133 Å². The summed E-state index contributed by atoms with van der Waals surface area (Å²) in [5, 5.41) is 26.8. The van der Waals surface area contributed by atoms with Gasteiger partial charge in [-0.1, -0.05) is 19.9 Å². The molecular weight excluding hydrogens is 553 g/mol. The van der Waals surface area contributed by atoms with Crippen LogP contribution in [0.2, 0.25) is 0 Å². The molecule has 2 amide bonds. The van der Waals surface area contributed by atoms with Gasteiger partial charge in [0.05, 0.1) is 22.6 Å². The summed E-state index contributed by atoms with van der Waals surface area (Å²) in [5.74, 6) is -1.36. The normalized spacial score (nSPS) is 31.8. The zero-order valence-electron chi connectivity index (χ0n) is 20.9. The first-order valence-electron chi connectivity index (χ1n) is 12.5. The molecule has 0 aromatic carbocycles. The van der Waals surface area contributed by atoms with E-state index in [2.05, 4.69) is 10.6 Å². The van der Waals surface area contributed by atoms with E-state index in [9.17, 15) is 29.4 Å². The first kappa shape index (κ1) is 28.6. The maximum Gasteiger partial charge on any atom is 0.310 e. The molecule has 3 aliphatic rings. The Morgan fingerprint density at radius 1 is 0.946 bits per heavy atom. The molecule has 7 atom stereocenters. The molecule has 1 aromatic heterocycles. The molecule has 0 radical (unpaired) electrons. The van der Waals surface area contributed by atoms with Crippen molar-refractivity contribution in [1.29, 1.82) is 0 Å². The molecule has 0 spiro atoms.